The van der Waals surface area contributed by atoms with E-state index in [1.807, 2.05) is 19.1 Å². The molecule has 0 unspecified atom stereocenters. The molecule has 130 valence electrons. The SMILES string of the molecule is COC(=O)c1ccc(Cl)c(NC(=O)CC(=O)Nc2ccc(C)cc2)c1. The molecule has 0 aliphatic rings. The minimum absolute atomic E-state index is 0.234. The van der Waals surface area contributed by atoms with Crippen molar-refractivity contribution in [2.45, 2.75) is 13.3 Å². The van der Waals surface area contributed by atoms with Crippen molar-refractivity contribution in [3.8, 4) is 0 Å². The fourth-order valence-corrected chi connectivity index (χ4v) is 2.21. The third-order valence-electron chi connectivity index (χ3n) is 3.32. The first kappa shape index (κ1) is 18.5. The Morgan fingerprint density at radius 2 is 1.64 bits per heavy atom. The molecule has 0 fully saturated rings. The van der Waals surface area contributed by atoms with Gasteiger partial charge in [0.1, 0.15) is 6.42 Å². The minimum Gasteiger partial charge on any atom is -0.465 e. The highest BCUT2D eigenvalue weighted by Crippen LogP contribution is 2.23. The van der Waals surface area contributed by atoms with Crippen LogP contribution in [0.3, 0.4) is 0 Å². The molecule has 0 bridgehead atoms. The van der Waals surface area contributed by atoms with E-state index in [0.717, 1.165) is 5.56 Å². The number of aryl methyl sites for hydroxylation is 1. The molecule has 0 aliphatic carbocycles. The lowest BCUT2D eigenvalue weighted by Crippen LogP contribution is -2.21. The van der Waals surface area contributed by atoms with Crippen LogP contribution in [0.5, 0.6) is 0 Å². The van der Waals surface area contributed by atoms with Gasteiger partial charge in [0.05, 0.1) is 23.4 Å². The number of amides is 2. The lowest BCUT2D eigenvalue weighted by molar-refractivity contribution is -0.123. The monoisotopic (exact) mass is 360 g/mol. The zero-order valence-corrected chi connectivity index (χ0v) is 14.5. The van der Waals surface area contributed by atoms with Gasteiger partial charge in [-0.1, -0.05) is 29.3 Å². The van der Waals surface area contributed by atoms with E-state index < -0.39 is 17.8 Å². The van der Waals surface area contributed by atoms with Gasteiger partial charge in [-0.3, -0.25) is 9.59 Å². The molecular formula is C18H17ClN2O4. The molecule has 2 aromatic carbocycles. The predicted octanol–water partition coefficient (Wildman–Crippen LogP) is 3.40. The molecule has 6 nitrogen and oxygen atoms in total. The molecule has 2 N–H and O–H groups in total. The van der Waals surface area contributed by atoms with Crippen molar-refractivity contribution in [3.05, 3.63) is 58.6 Å². The average Bonchev–Trinajstić information content (AvgIpc) is 2.58. The molecule has 0 saturated carbocycles. The van der Waals surface area contributed by atoms with Crippen LogP contribution in [0.25, 0.3) is 0 Å². The summed E-state index contributed by atoms with van der Waals surface area (Å²) in [5.74, 6) is -1.56. The normalized spacial score (nSPS) is 10.0. The molecule has 0 atom stereocenters. The Labute approximate surface area is 150 Å². The molecular weight excluding hydrogens is 344 g/mol. The second-order valence-electron chi connectivity index (χ2n) is 5.33. The van der Waals surface area contributed by atoms with E-state index in [9.17, 15) is 14.4 Å². The first-order valence-electron chi connectivity index (χ1n) is 7.43. The van der Waals surface area contributed by atoms with Crippen molar-refractivity contribution >= 4 is 40.8 Å². The molecule has 0 radical (unpaired) electrons. The van der Waals surface area contributed by atoms with E-state index in [2.05, 4.69) is 15.4 Å². The van der Waals surface area contributed by atoms with Crippen LogP contribution in [-0.4, -0.2) is 24.9 Å². The van der Waals surface area contributed by atoms with E-state index in [-0.39, 0.29) is 22.7 Å². The summed E-state index contributed by atoms with van der Waals surface area (Å²) in [6.07, 6.45) is -0.382. The summed E-state index contributed by atoms with van der Waals surface area (Å²) in [4.78, 5) is 35.5. The van der Waals surface area contributed by atoms with Gasteiger partial charge < -0.3 is 15.4 Å². The van der Waals surface area contributed by atoms with Crippen LogP contribution in [0.2, 0.25) is 5.02 Å². The Morgan fingerprint density at radius 1 is 1.00 bits per heavy atom. The van der Waals surface area contributed by atoms with Crippen LogP contribution in [0, 0.1) is 6.92 Å². The fraction of sp³-hybridized carbons (Fsp3) is 0.167. The molecule has 0 aromatic heterocycles. The van der Waals surface area contributed by atoms with Crippen molar-refractivity contribution in [1.82, 2.24) is 0 Å². The van der Waals surface area contributed by atoms with Gasteiger partial charge >= 0.3 is 5.97 Å². The number of hydrogen-bond acceptors (Lipinski definition) is 4. The van der Waals surface area contributed by atoms with E-state index in [0.29, 0.717) is 5.69 Å². The molecule has 2 amide bonds. The molecule has 0 aliphatic heterocycles. The van der Waals surface area contributed by atoms with Crippen LogP contribution in [-0.2, 0) is 14.3 Å². The van der Waals surface area contributed by atoms with Gasteiger partial charge in [-0.15, -0.1) is 0 Å². The number of esters is 1. The topological polar surface area (TPSA) is 84.5 Å². The molecule has 25 heavy (non-hydrogen) atoms. The summed E-state index contributed by atoms with van der Waals surface area (Å²) in [5, 5.41) is 5.40. The Kier molecular flexibility index (Phi) is 6.14. The number of carbonyl (C=O) groups excluding carboxylic acids is 3. The van der Waals surface area contributed by atoms with E-state index in [1.54, 1.807) is 12.1 Å². The van der Waals surface area contributed by atoms with Crippen LogP contribution in [0.15, 0.2) is 42.5 Å². The predicted molar refractivity (Wildman–Crippen MR) is 95.8 cm³/mol. The van der Waals surface area contributed by atoms with E-state index in [1.165, 1.54) is 25.3 Å². The Hall–Kier alpha value is -2.86. The first-order valence-corrected chi connectivity index (χ1v) is 7.81. The van der Waals surface area contributed by atoms with Crippen molar-refractivity contribution in [3.63, 3.8) is 0 Å². The van der Waals surface area contributed by atoms with Crippen molar-refractivity contribution in [2.75, 3.05) is 17.7 Å². The maximum atomic E-state index is 12.0. The van der Waals surface area contributed by atoms with Crippen molar-refractivity contribution < 1.29 is 19.1 Å². The number of carbonyl (C=O) groups is 3. The largest absolute Gasteiger partial charge is 0.465 e. The third kappa shape index (κ3) is 5.32. The fourth-order valence-electron chi connectivity index (χ4n) is 2.05. The lowest BCUT2D eigenvalue weighted by Gasteiger charge is -2.09. The second kappa shape index (κ2) is 8.30. The van der Waals surface area contributed by atoms with Gasteiger partial charge in [-0.2, -0.15) is 0 Å². The number of ether oxygens (including phenoxy) is 1. The van der Waals surface area contributed by atoms with E-state index >= 15 is 0 Å². The lowest BCUT2D eigenvalue weighted by atomic mass is 10.2. The maximum Gasteiger partial charge on any atom is 0.337 e. The summed E-state index contributed by atoms with van der Waals surface area (Å²) < 4.78 is 4.62. The Morgan fingerprint density at radius 3 is 2.28 bits per heavy atom. The molecule has 7 heteroatoms. The molecule has 2 rings (SSSR count). The van der Waals surface area contributed by atoms with Gasteiger partial charge in [0.2, 0.25) is 11.8 Å². The summed E-state index contributed by atoms with van der Waals surface area (Å²) in [6, 6.07) is 11.6. The van der Waals surface area contributed by atoms with Crippen molar-refractivity contribution in [2.24, 2.45) is 0 Å². The van der Waals surface area contributed by atoms with Crippen LogP contribution < -0.4 is 10.6 Å². The molecule has 2 aromatic rings. The van der Waals surface area contributed by atoms with Crippen LogP contribution in [0.1, 0.15) is 22.3 Å². The van der Waals surface area contributed by atoms with E-state index in [4.69, 9.17) is 11.6 Å². The maximum absolute atomic E-state index is 12.0. The zero-order chi connectivity index (χ0) is 18.4. The highest BCUT2D eigenvalue weighted by atomic mass is 35.5. The standard InChI is InChI=1S/C18H17ClN2O4/c1-11-3-6-13(7-4-11)20-16(22)10-17(23)21-15-9-12(18(24)25-2)5-8-14(15)19/h3-9H,10H2,1-2H3,(H,20,22)(H,21,23). The minimum atomic E-state index is -0.552. The van der Waals surface area contributed by atoms with Crippen LogP contribution >= 0.6 is 11.6 Å². The molecule has 0 heterocycles. The number of anilines is 2. The highest BCUT2D eigenvalue weighted by molar-refractivity contribution is 6.34. The summed E-state index contributed by atoms with van der Waals surface area (Å²) in [7, 11) is 1.25. The molecule has 0 saturated heterocycles. The number of hydrogen-bond donors (Lipinski definition) is 2. The summed E-state index contributed by atoms with van der Waals surface area (Å²) in [6.45, 7) is 1.94. The summed E-state index contributed by atoms with van der Waals surface area (Å²) in [5.41, 5.74) is 2.15. The van der Waals surface area contributed by atoms with Crippen molar-refractivity contribution in [1.29, 1.82) is 0 Å². The number of benzene rings is 2. The number of rotatable bonds is 5. The Balaban J connectivity index is 1.98. The van der Waals surface area contributed by atoms with Gasteiger partial charge in [0, 0.05) is 5.69 Å². The zero-order valence-electron chi connectivity index (χ0n) is 13.8. The average molecular weight is 361 g/mol. The Bertz CT molecular complexity index is 803. The quantitative estimate of drug-likeness (QED) is 0.632. The number of halogens is 1. The second-order valence-corrected chi connectivity index (χ2v) is 5.73. The number of methoxy groups -OCH3 is 1. The van der Waals surface area contributed by atoms with Gasteiger partial charge in [-0.25, -0.2) is 4.79 Å². The molecule has 0 spiro atoms. The summed E-state index contributed by atoms with van der Waals surface area (Å²) >= 11 is 6.00. The third-order valence-corrected chi connectivity index (χ3v) is 3.65. The number of nitrogens with one attached hydrogen (secondary N) is 2. The highest BCUT2D eigenvalue weighted by Gasteiger charge is 2.14. The van der Waals surface area contributed by atoms with Gasteiger partial charge in [0.15, 0.2) is 0 Å². The van der Waals surface area contributed by atoms with Gasteiger partial charge in [0.25, 0.3) is 0 Å². The van der Waals surface area contributed by atoms with Crippen LogP contribution in [0.4, 0.5) is 11.4 Å². The first-order chi connectivity index (χ1) is 11.9. The smallest absolute Gasteiger partial charge is 0.337 e. The van der Waals surface area contributed by atoms with Gasteiger partial charge in [-0.05, 0) is 37.3 Å².